The molecule has 2 aliphatic rings. The summed E-state index contributed by atoms with van der Waals surface area (Å²) in [5.41, 5.74) is 2.95. The summed E-state index contributed by atoms with van der Waals surface area (Å²) in [6.07, 6.45) is 4.66. The predicted molar refractivity (Wildman–Crippen MR) is 125 cm³/mol. The van der Waals surface area contributed by atoms with Crippen LogP contribution in [0.15, 0.2) is 42.5 Å². The molecule has 32 heavy (non-hydrogen) atoms. The Morgan fingerprint density at radius 3 is 2.59 bits per heavy atom. The lowest BCUT2D eigenvalue weighted by Gasteiger charge is -2.26. The van der Waals surface area contributed by atoms with Crippen LogP contribution in [0.5, 0.6) is 0 Å². The number of anilines is 1. The van der Waals surface area contributed by atoms with E-state index in [-0.39, 0.29) is 23.1 Å². The zero-order chi connectivity index (χ0) is 22.5. The molecule has 0 radical (unpaired) electrons. The Hall–Kier alpha value is -2.38. The molecule has 4 rings (SSSR count). The predicted octanol–water partition coefficient (Wildman–Crippen LogP) is 4.95. The van der Waals surface area contributed by atoms with Crippen molar-refractivity contribution in [3.63, 3.8) is 0 Å². The maximum Gasteiger partial charge on any atom is 0.338 e. The Kier molecular flexibility index (Phi) is 7.48. The average Bonchev–Trinajstić information content (AvgIpc) is 3.18. The second-order valence-electron chi connectivity index (χ2n) is 8.37. The summed E-state index contributed by atoms with van der Waals surface area (Å²) >= 11 is 1.52. The average molecular weight is 457 g/mol. The molecule has 1 unspecified atom stereocenters. The van der Waals surface area contributed by atoms with E-state index in [2.05, 4.69) is 4.90 Å². The van der Waals surface area contributed by atoms with E-state index in [9.17, 15) is 14.0 Å². The molecule has 0 bridgehead atoms. The molecule has 0 saturated carbocycles. The minimum absolute atomic E-state index is 0.000430. The molecule has 0 N–H and O–H groups in total. The van der Waals surface area contributed by atoms with Gasteiger partial charge in [-0.1, -0.05) is 18.6 Å². The molecular weight excluding hydrogens is 427 g/mol. The smallest absolute Gasteiger partial charge is 0.338 e. The van der Waals surface area contributed by atoms with Crippen molar-refractivity contribution in [2.75, 3.05) is 36.9 Å². The SMILES string of the molecule is Cc1cc(C(=O)OCCCN2CCCCC2)ccc1N1C(=O)CSC1c1ccc(F)cc1. The summed E-state index contributed by atoms with van der Waals surface area (Å²) in [6.45, 7) is 5.54. The Labute approximate surface area is 192 Å². The minimum Gasteiger partial charge on any atom is -0.462 e. The van der Waals surface area contributed by atoms with E-state index in [1.807, 2.05) is 6.92 Å². The fourth-order valence-corrected chi connectivity index (χ4v) is 5.50. The normalized spacial score (nSPS) is 19.4. The first kappa shape index (κ1) is 22.8. The summed E-state index contributed by atoms with van der Waals surface area (Å²) in [4.78, 5) is 29.3. The van der Waals surface area contributed by atoms with Crippen LogP contribution in [-0.2, 0) is 9.53 Å². The number of hydrogen-bond acceptors (Lipinski definition) is 5. The fraction of sp³-hybridized carbons (Fsp3) is 0.440. The monoisotopic (exact) mass is 456 g/mol. The van der Waals surface area contributed by atoms with Gasteiger partial charge >= 0.3 is 5.97 Å². The molecule has 2 aliphatic heterocycles. The fourth-order valence-electron chi connectivity index (χ4n) is 4.33. The van der Waals surface area contributed by atoms with Crippen LogP contribution in [0, 0.1) is 12.7 Å². The largest absolute Gasteiger partial charge is 0.462 e. The highest BCUT2D eigenvalue weighted by atomic mass is 32.2. The highest BCUT2D eigenvalue weighted by Gasteiger charge is 2.35. The first-order valence-corrected chi connectivity index (χ1v) is 12.3. The van der Waals surface area contributed by atoms with Gasteiger partial charge in [-0.05, 0) is 80.7 Å². The molecule has 5 nitrogen and oxygen atoms in total. The van der Waals surface area contributed by atoms with Crippen LogP contribution in [0.1, 0.15) is 52.5 Å². The van der Waals surface area contributed by atoms with E-state index < -0.39 is 0 Å². The second-order valence-corrected chi connectivity index (χ2v) is 9.44. The quantitative estimate of drug-likeness (QED) is 0.436. The number of amides is 1. The number of rotatable bonds is 7. The van der Waals surface area contributed by atoms with E-state index in [1.54, 1.807) is 35.2 Å². The van der Waals surface area contributed by atoms with Crippen LogP contribution in [0.2, 0.25) is 0 Å². The van der Waals surface area contributed by atoms with Crippen LogP contribution in [0.25, 0.3) is 0 Å². The number of carbonyl (C=O) groups excluding carboxylic acids is 2. The molecular formula is C25H29FN2O3S. The molecule has 0 spiro atoms. The van der Waals surface area contributed by atoms with E-state index >= 15 is 0 Å². The van der Waals surface area contributed by atoms with E-state index in [4.69, 9.17) is 4.74 Å². The lowest BCUT2D eigenvalue weighted by molar-refractivity contribution is -0.115. The number of thioether (sulfide) groups is 1. The third-order valence-corrected chi connectivity index (χ3v) is 7.23. The van der Waals surface area contributed by atoms with Crippen LogP contribution >= 0.6 is 11.8 Å². The summed E-state index contributed by atoms with van der Waals surface area (Å²) in [5.74, 6) is -0.275. The maximum atomic E-state index is 13.3. The molecule has 1 atom stereocenters. The molecule has 7 heteroatoms. The van der Waals surface area contributed by atoms with Gasteiger partial charge in [0.25, 0.3) is 0 Å². The van der Waals surface area contributed by atoms with E-state index in [0.29, 0.717) is 17.9 Å². The van der Waals surface area contributed by atoms with Gasteiger partial charge in [0, 0.05) is 12.2 Å². The van der Waals surface area contributed by atoms with Gasteiger partial charge in [-0.3, -0.25) is 9.69 Å². The maximum absolute atomic E-state index is 13.3. The third kappa shape index (κ3) is 5.33. The zero-order valence-electron chi connectivity index (χ0n) is 18.4. The Morgan fingerprint density at radius 2 is 1.88 bits per heavy atom. The number of nitrogens with zero attached hydrogens (tertiary/aromatic N) is 2. The van der Waals surface area contributed by atoms with Gasteiger partial charge in [-0.25, -0.2) is 9.18 Å². The number of esters is 1. The first-order valence-electron chi connectivity index (χ1n) is 11.2. The van der Waals surface area contributed by atoms with Gasteiger partial charge in [0.2, 0.25) is 5.91 Å². The number of carbonyl (C=O) groups is 2. The van der Waals surface area contributed by atoms with E-state index in [1.165, 1.54) is 43.2 Å². The van der Waals surface area contributed by atoms with Crippen LogP contribution in [0.3, 0.4) is 0 Å². The number of halogens is 1. The zero-order valence-corrected chi connectivity index (χ0v) is 19.2. The topological polar surface area (TPSA) is 49.9 Å². The van der Waals surface area contributed by atoms with Crippen molar-refractivity contribution in [2.24, 2.45) is 0 Å². The van der Waals surface area contributed by atoms with Crippen molar-refractivity contribution in [3.8, 4) is 0 Å². The van der Waals surface area contributed by atoms with Gasteiger partial charge in [-0.15, -0.1) is 11.8 Å². The van der Waals surface area contributed by atoms with Gasteiger partial charge < -0.3 is 9.64 Å². The summed E-state index contributed by atoms with van der Waals surface area (Å²) < 4.78 is 18.8. The van der Waals surface area contributed by atoms with Gasteiger partial charge in [0.15, 0.2) is 0 Å². The highest BCUT2D eigenvalue weighted by molar-refractivity contribution is 8.00. The number of hydrogen-bond donors (Lipinski definition) is 0. The first-order chi connectivity index (χ1) is 15.5. The number of likely N-dealkylation sites (tertiary alicyclic amines) is 1. The second kappa shape index (κ2) is 10.5. The molecule has 2 aromatic rings. The third-order valence-electron chi connectivity index (χ3n) is 6.02. The highest BCUT2D eigenvalue weighted by Crippen LogP contribution is 2.42. The standard InChI is InChI=1S/C25H29FN2O3S/c1-18-16-20(25(30)31-15-5-14-27-12-3-2-4-13-27)8-11-22(18)28-23(29)17-32-24(28)19-6-9-21(26)10-7-19/h6-11,16,24H,2-5,12-15,17H2,1H3. The lowest BCUT2D eigenvalue weighted by Crippen LogP contribution is -2.31. The molecule has 170 valence electrons. The Morgan fingerprint density at radius 1 is 1.12 bits per heavy atom. The molecule has 0 aromatic heterocycles. The van der Waals surface area contributed by atoms with E-state index in [0.717, 1.165) is 42.9 Å². The number of piperidine rings is 1. The minimum atomic E-state index is -0.337. The van der Waals surface area contributed by atoms with Crippen molar-refractivity contribution < 1.29 is 18.7 Å². The molecule has 0 aliphatic carbocycles. The van der Waals surface area contributed by atoms with Gasteiger partial charge in [-0.2, -0.15) is 0 Å². The summed E-state index contributed by atoms with van der Waals surface area (Å²) in [6, 6.07) is 11.5. The molecule has 1 amide bonds. The van der Waals surface area contributed by atoms with Gasteiger partial charge in [0.1, 0.15) is 11.2 Å². The van der Waals surface area contributed by atoms with Crippen molar-refractivity contribution in [1.29, 1.82) is 0 Å². The number of benzene rings is 2. The van der Waals surface area contributed by atoms with Crippen molar-refractivity contribution in [2.45, 2.75) is 38.0 Å². The Balaban J connectivity index is 1.38. The van der Waals surface area contributed by atoms with Crippen molar-refractivity contribution in [1.82, 2.24) is 4.90 Å². The number of ether oxygens (including phenoxy) is 1. The van der Waals surface area contributed by atoms with Gasteiger partial charge in [0.05, 0.1) is 17.9 Å². The molecule has 2 saturated heterocycles. The Bertz CT molecular complexity index is 960. The molecule has 2 heterocycles. The van der Waals surface area contributed by atoms with Crippen LogP contribution in [-0.4, -0.2) is 48.8 Å². The molecule has 2 fully saturated rings. The van der Waals surface area contributed by atoms with Crippen molar-refractivity contribution >= 4 is 29.3 Å². The van der Waals surface area contributed by atoms with Crippen LogP contribution < -0.4 is 4.90 Å². The molecule has 2 aromatic carbocycles. The lowest BCUT2D eigenvalue weighted by atomic mass is 10.1. The summed E-state index contributed by atoms with van der Waals surface area (Å²) in [7, 11) is 0. The van der Waals surface area contributed by atoms with Crippen molar-refractivity contribution in [3.05, 3.63) is 65.0 Å². The number of aryl methyl sites for hydroxylation is 1. The van der Waals surface area contributed by atoms with Crippen LogP contribution in [0.4, 0.5) is 10.1 Å². The summed E-state index contributed by atoms with van der Waals surface area (Å²) in [5, 5.41) is -0.214.